The first-order valence-electron chi connectivity index (χ1n) is 7.84. The predicted molar refractivity (Wildman–Crippen MR) is 89.2 cm³/mol. The van der Waals surface area contributed by atoms with Gasteiger partial charge in [0.05, 0.1) is 17.3 Å². The summed E-state index contributed by atoms with van der Waals surface area (Å²) in [7, 11) is 0. The van der Waals surface area contributed by atoms with E-state index in [0.29, 0.717) is 5.02 Å². The first kappa shape index (κ1) is 15.6. The van der Waals surface area contributed by atoms with E-state index in [2.05, 4.69) is 11.4 Å². The maximum absolute atomic E-state index is 13.4. The van der Waals surface area contributed by atoms with Gasteiger partial charge in [0.1, 0.15) is 0 Å². The molecule has 1 nitrogen and oxygen atoms in total. The highest BCUT2D eigenvalue weighted by Gasteiger charge is 2.42. The van der Waals surface area contributed by atoms with Crippen LogP contribution in [-0.2, 0) is 6.18 Å². The maximum Gasteiger partial charge on any atom is 0.418 e. The molecule has 2 aliphatic rings. The molecule has 0 fully saturated rings. The molecule has 5 heteroatoms. The number of benzene rings is 2. The second-order valence-electron chi connectivity index (χ2n) is 6.30. The van der Waals surface area contributed by atoms with Crippen LogP contribution in [0.3, 0.4) is 0 Å². The van der Waals surface area contributed by atoms with Crippen molar-refractivity contribution in [2.24, 2.45) is 5.92 Å². The average molecular weight is 350 g/mol. The van der Waals surface area contributed by atoms with E-state index in [1.54, 1.807) is 12.1 Å². The van der Waals surface area contributed by atoms with Gasteiger partial charge in [0.15, 0.2) is 0 Å². The molecule has 4 rings (SSSR count). The Bertz CT molecular complexity index is 812. The fourth-order valence-corrected chi connectivity index (χ4v) is 4.09. The van der Waals surface area contributed by atoms with Gasteiger partial charge in [-0.25, -0.2) is 0 Å². The molecule has 1 heterocycles. The van der Waals surface area contributed by atoms with Gasteiger partial charge in [-0.15, -0.1) is 0 Å². The Labute approximate surface area is 143 Å². The van der Waals surface area contributed by atoms with Gasteiger partial charge in [-0.1, -0.05) is 48.0 Å². The largest absolute Gasteiger partial charge is 0.418 e. The Hall–Kier alpha value is -1.94. The molecule has 0 radical (unpaired) electrons. The first-order chi connectivity index (χ1) is 11.4. The molecule has 1 aliphatic carbocycles. The molecule has 124 valence electrons. The van der Waals surface area contributed by atoms with Crippen LogP contribution >= 0.6 is 11.6 Å². The zero-order chi connectivity index (χ0) is 16.9. The summed E-state index contributed by atoms with van der Waals surface area (Å²) < 4.78 is 40.3. The van der Waals surface area contributed by atoms with E-state index in [0.717, 1.165) is 23.6 Å². The molecule has 2 aromatic carbocycles. The molecule has 2 aromatic rings. The second kappa shape index (κ2) is 5.55. The molecule has 0 saturated carbocycles. The molecular formula is C19H15ClF3N. The van der Waals surface area contributed by atoms with Crippen molar-refractivity contribution in [2.75, 3.05) is 5.32 Å². The van der Waals surface area contributed by atoms with E-state index in [1.807, 2.05) is 24.3 Å². The molecule has 0 spiro atoms. The minimum absolute atomic E-state index is 0.00692. The summed E-state index contributed by atoms with van der Waals surface area (Å²) >= 11 is 6.09. The van der Waals surface area contributed by atoms with Gasteiger partial charge >= 0.3 is 6.18 Å². The maximum atomic E-state index is 13.4. The van der Waals surface area contributed by atoms with Crippen molar-refractivity contribution in [1.29, 1.82) is 0 Å². The van der Waals surface area contributed by atoms with Gasteiger partial charge in [0.25, 0.3) is 0 Å². The molecule has 0 unspecified atom stereocenters. The Balaban J connectivity index is 1.85. The van der Waals surface area contributed by atoms with E-state index >= 15 is 0 Å². The van der Waals surface area contributed by atoms with Gasteiger partial charge < -0.3 is 5.32 Å². The van der Waals surface area contributed by atoms with Crippen LogP contribution in [0.5, 0.6) is 0 Å². The van der Waals surface area contributed by atoms with Crippen LogP contribution in [0.15, 0.2) is 54.6 Å². The van der Waals surface area contributed by atoms with Crippen LogP contribution in [0.1, 0.15) is 35.1 Å². The Morgan fingerprint density at radius 2 is 1.88 bits per heavy atom. The third-order valence-electron chi connectivity index (χ3n) is 4.91. The van der Waals surface area contributed by atoms with Crippen LogP contribution in [0.4, 0.5) is 18.9 Å². The Morgan fingerprint density at radius 3 is 2.62 bits per heavy atom. The number of para-hydroxylation sites is 1. The number of hydrogen-bond acceptors (Lipinski definition) is 1. The number of hydrogen-bond donors (Lipinski definition) is 1. The summed E-state index contributed by atoms with van der Waals surface area (Å²) in [5.41, 5.74) is 1.24. The van der Waals surface area contributed by atoms with E-state index < -0.39 is 11.7 Å². The van der Waals surface area contributed by atoms with Crippen LogP contribution in [0.25, 0.3) is 0 Å². The number of nitrogens with one attached hydrogen (secondary N) is 1. The number of anilines is 1. The summed E-state index contributed by atoms with van der Waals surface area (Å²) in [5.74, 6) is 0.187. The fourth-order valence-electron chi connectivity index (χ4n) is 3.89. The molecular weight excluding hydrogens is 335 g/mol. The highest BCUT2D eigenvalue weighted by molar-refractivity contribution is 6.30. The standard InChI is InChI=1S/C19H15ClF3N/c20-12-5-1-4-11(10-12)17-14-7-2-6-13(14)15-8-3-9-16(18(15)24-17)19(21,22)23/h1-6,8-10,13-14,17,24H,7H2/t13-,14-,17+/m0/s1. The average Bonchev–Trinajstić information content (AvgIpc) is 3.02. The van der Waals surface area contributed by atoms with Crippen molar-refractivity contribution >= 4 is 17.3 Å². The van der Waals surface area contributed by atoms with Crippen molar-refractivity contribution in [2.45, 2.75) is 24.6 Å². The molecule has 0 aromatic heterocycles. The summed E-state index contributed by atoms with van der Waals surface area (Å²) in [6.45, 7) is 0. The Kier molecular flexibility index (Phi) is 3.61. The molecule has 24 heavy (non-hydrogen) atoms. The molecule has 0 saturated heterocycles. The third-order valence-corrected chi connectivity index (χ3v) is 5.15. The molecule has 1 aliphatic heterocycles. The van der Waals surface area contributed by atoms with Gasteiger partial charge in [-0.05, 0) is 41.7 Å². The van der Waals surface area contributed by atoms with E-state index in [1.165, 1.54) is 6.07 Å². The van der Waals surface area contributed by atoms with Crippen molar-refractivity contribution in [3.63, 3.8) is 0 Å². The fraction of sp³-hybridized carbons (Fsp3) is 0.263. The molecule has 3 atom stereocenters. The van der Waals surface area contributed by atoms with E-state index in [4.69, 9.17) is 11.6 Å². The number of rotatable bonds is 1. The lowest BCUT2D eigenvalue weighted by atomic mass is 9.76. The van der Waals surface area contributed by atoms with E-state index in [9.17, 15) is 13.2 Å². The zero-order valence-electron chi connectivity index (χ0n) is 12.6. The topological polar surface area (TPSA) is 12.0 Å². The number of halogens is 4. The van der Waals surface area contributed by atoms with Crippen molar-refractivity contribution in [1.82, 2.24) is 0 Å². The van der Waals surface area contributed by atoms with Gasteiger partial charge in [0.2, 0.25) is 0 Å². The van der Waals surface area contributed by atoms with Gasteiger partial charge in [0, 0.05) is 10.9 Å². The van der Waals surface area contributed by atoms with Crippen LogP contribution in [0, 0.1) is 5.92 Å². The SMILES string of the molecule is FC(F)(F)c1cccc2c1N[C@H](c1cccc(Cl)c1)[C@H]1CC=C[C@H]21. The van der Waals surface area contributed by atoms with Crippen molar-refractivity contribution in [3.8, 4) is 0 Å². The summed E-state index contributed by atoms with van der Waals surface area (Å²) in [5, 5.41) is 3.76. The van der Waals surface area contributed by atoms with Crippen molar-refractivity contribution in [3.05, 3.63) is 76.3 Å². The number of allylic oxidation sites excluding steroid dienone is 2. The highest BCUT2D eigenvalue weighted by atomic mass is 35.5. The number of fused-ring (bicyclic) bond motifs is 3. The monoisotopic (exact) mass is 349 g/mol. The van der Waals surface area contributed by atoms with Gasteiger partial charge in [-0.3, -0.25) is 0 Å². The predicted octanol–water partition coefficient (Wildman–Crippen LogP) is 6.19. The zero-order valence-corrected chi connectivity index (χ0v) is 13.4. The molecule has 1 N–H and O–H groups in total. The van der Waals surface area contributed by atoms with E-state index in [-0.39, 0.29) is 23.6 Å². The summed E-state index contributed by atoms with van der Waals surface area (Å²) in [4.78, 5) is 0. The van der Waals surface area contributed by atoms with Crippen molar-refractivity contribution < 1.29 is 13.2 Å². The lowest BCUT2D eigenvalue weighted by Crippen LogP contribution is -2.30. The first-order valence-corrected chi connectivity index (χ1v) is 8.22. The normalized spacial score (nSPS) is 25.1. The third kappa shape index (κ3) is 2.49. The smallest absolute Gasteiger partial charge is 0.377 e. The van der Waals surface area contributed by atoms with Crippen LogP contribution < -0.4 is 5.32 Å². The minimum atomic E-state index is -4.38. The van der Waals surface area contributed by atoms with Gasteiger partial charge in [-0.2, -0.15) is 13.2 Å². The highest BCUT2D eigenvalue weighted by Crippen LogP contribution is 2.52. The second-order valence-corrected chi connectivity index (χ2v) is 6.73. The lowest BCUT2D eigenvalue weighted by Gasteiger charge is -2.38. The quantitative estimate of drug-likeness (QED) is 0.606. The minimum Gasteiger partial charge on any atom is -0.377 e. The van der Waals surface area contributed by atoms with Crippen LogP contribution in [-0.4, -0.2) is 0 Å². The van der Waals surface area contributed by atoms with Crippen LogP contribution in [0.2, 0.25) is 5.02 Å². The lowest BCUT2D eigenvalue weighted by molar-refractivity contribution is -0.137. The summed E-state index contributed by atoms with van der Waals surface area (Å²) in [6, 6.07) is 11.6. The summed E-state index contributed by atoms with van der Waals surface area (Å²) in [6.07, 6.45) is 0.545. The molecule has 0 amide bonds. The number of alkyl halides is 3. The molecule has 0 bridgehead atoms. The Morgan fingerprint density at radius 1 is 1.08 bits per heavy atom.